The zero-order chi connectivity index (χ0) is 21.9. The van der Waals surface area contributed by atoms with Gasteiger partial charge in [0.25, 0.3) is 5.91 Å². The molecule has 2 N–H and O–H groups in total. The van der Waals surface area contributed by atoms with Gasteiger partial charge in [-0.3, -0.25) is 4.79 Å². The second-order valence-corrected chi connectivity index (χ2v) is 8.80. The third kappa shape index (κ3) is 4.85. The lowest BCUT2D eigenvalue weighted by molar-refractivity contribution is 0.0950. The molecule has 162 valence electrons. The van der Waals surface area contributed by atoms with Crippen LogP contribution in [-0.4, -0.2) is 41.7 Å². The minimum absolute atomic E-state index is 0.00591. The number of sulfonamides is 1. The maximum absolute atomic E-state index is 12.8. The van der Waals surface area contributed by atoms with E-state index in [2.05, 4.69) is 10.0 Å². The second-order valence-electron chi connectivity index (χ2n) is 7.09. The number of benzene rings is 2. The van der Waals surface area contributed by atoms with E-state index in [1.807, 2.05) is 0 Å². The summed E-state index contributed by atoms with van der Waals surface area (Å²) in [6.45, 7) is 1.96. The summed E-state index contributed by atoms with van der Waals surface area (Å²) in [6.07, 6.45) is 1.68. The van der Waals surface area contributed by atoms with E-state index in [-0.39, 0.29) is 23.4 Å². The number of hydrogen-bond acceptors (Lipinski definition) is 6. The van der Waals surface area contributed by atoms with E-state index < -0.39 is 10.0 Å². The van der Waals surface area contributed by atoms with Gasteiger partial charge in [-0.1, -0.05) is 6.07 Å². The molecule has 0 unspecified atom stereocenters. The lowest BCUT2D eigenvalue weighted by Crippen LogP contribution is -2.27. The first-order valence-electron chi connectivity index (χ1n) is 9.49. The molecule has 1 fully saturated rings. The lowest BCUT2D eigenvalue weighted by atomic mass is 10.1. The molecule has 1 aliphatic rings. The van der Waals surface area contributed by atoms with Gasteiger partial charge in [-0.2, -0.15) is 0 Å². The Morgan fingerprint density at radius 2 is 1.67 bits per heavy atom. The van der Waals surface area contributed by atoms with E-state index >= 15 is 0 Å². The Labute approximate surface area is 176 Å². The van der Waals surface area contributed by atoms with Gasteiger partial charge in [-0.05, 0) is 55.2 Å². The fourth-order valence-electron chi connectivity index (χ4n) is 3.02. The number of carbonyl (C=O) groups is 1. The smallest absolute Gasteiger partial charge is 0.251 e. The molecule has 0 heterocycles. The minimum atomic E-state index is -3.64. The molecule has 1 aliphatic carbocycles. The highest BCUT2D eigenvalue weighted by Crippen LogP contribution is 2.38. The van der Waals surface area contributed by atoms with Crippen molar-refractivity contribution in [1.82, 2.24) is 10.0 Å². The van der Waals surface area contributed by atoms with Crippen LogP contribution in [0.25, 0.3) is 0 Å². The highest BCUT2D eigenvalue weighted by atomic mass is 32.2. The van der Waals surface area contributed by atoms with Gasteiger partial charge in [0.2, 0.25) is 15.8 Å². The van der Waals surface area contributed by atoms with Gasteiger partial charge in [-0.25, -0.2) is 13.1 Å². The molecule has 0 spiro atoms. The summed E-state index contributed by atoms with van der Waals surface area (Å²) in [4.78, 5) is 12.9. The predicted octanol–water partition coefficient (Wildman–Crippen LogP) is 2.39. The van der Waals surface area contributed by atoms with Crippen LogP contribution in [0, 0.1) is 6.92 Å². The van der Waals surface area contributed by atoms with E-state index in [1.165, 1.54) is 33.5 Å². The van der Waals surface area contributed by atoms with Crippen molar-refractivity contribution in [3.05, 3.63) is 47.0 Å². The molecule has 3 rings (SSSR count). The van der Waals surface area contributed by atoms with Crippen LogP contribution in [-0.2, 0) is 16.6 Å². The summed E-state index contributed by atoms with van der Waals surface area (Å²) in [7, 11) is 0.915. The van der Waals surface area contributed by atoms with Crippen molar-refractivity contribution in [2.24, 2.45) is 0 Å². The van der Waals surface area contributed by atoms with Crippen molar-refractivity contribution in [3.8, 4) is 17.2 Å². The fourth-order valence-corrected chi connectivity index (χ4v) is 4.35. The largest absolute Gasteiger partial charge is 0.493 e. The average molecular weight is 435 g/mol. The number of aryl methyl sites for hydroxylation is 1. The van der Waals surface area contributed by atoms with Crippen LogP contribution < -0.4 is 24.2 Å². The van der Waals surface area contributed by atoms with Crippen LogP contribution in [0.3, 0.4) is 0 Å². The molecular formula is C21H26N2O6S. The van der Waals surface area contributed by atoms with Crippen molar-refractivity contribution in [3.63, 3.8) is 0 Å². The molecule has 8 nitrogen and oxygen atoms in total. The van der Waals surface area contributed by atoms with Crippen molar-refractivity contribution in [2.45, 2.75) is 37.2 Å². The van der Waals surface area contributed by atoms with E-state index in [0.29, 0.717) is 28.4 Å². The SMILES string of the molecule is COc1cc(CNC(=O)c2cc(S(=O)(=O)NC3CC3)ccc2C)cc(OC)c1OC. The van der Waals surface area contributed by atoms with Crippen molar-refractivity contribution in [2.75, 3.05) is 21.3 Å². The molecule has 0 atom stereocenters. The molecule has 0 aromatic heterocycles. The Bertz CT molecular complexity index is 1020. The topological polar surface area (TPSA) is 103 Å². The molecule has 9 heteroatoms. The van der Waals surface area contributed by atoms with Gasteiger partial charge in [0.1, 0.15) is 0 Å². The summed E-state index contributed by atoms with van der Waals surface area (Å²) >= 11 is 0. The first-order valence-corrected chi connectivity index (χ1v) is 11.0. The highest BCUT2D eigenvalue weighted by Gasteiger charge is 2.28. The Morgan fingerprint density at radius 1 is 1.03 bits per heavy atom. The first kappa shape index (κ1) is 21.9. The van der Waals surface area contributed by atoms with E-state index in [9.17, 15) is 13.2 Å². The Hall–Kier alpha value is -2.78. The number of hydrogen-bond donors (Lipinski definition) is 2. The maximum atomic E-state index is 12.8. The van der Waals surface area contributed by atoms with Crippen LogP contribution in [0.15, 0.2) is 35.2 Å². The molecule has 30 heavy (non-hydrogen) atoms. The number of rotatable bonds is 9. The number of carbonyl (C=O) groups excluding carboxylic acids is 1. The van der Waals surface area contributed by atoms with E-state index in [1.54, 1.807) is 25.1 Å². The van der Waals surface area contributed by atoms with Crippen molar-refractivity contribution in [1.29, 1.82) is 0 Å². The standard InChI is InChI=1S/C21H26N2O6S/c1-13-5-8-16(30(25,26)23-15-6-7-15)11-17(13)21(24)22-12-14-9-18(27-2)20(29-4)19(10-14)28-3/h5,8-11,15,23H,6-7,12H2,1-4H3,(H,22,24). The maximum Gasteiger partial charge on any atom is 0.251 e. The monoisotopic (exact) mass is 434 g/mol. The Kier molecular flexibility index (Phi) is 6.52. The quantitative estimate of drug-likeness (QED) is 0.628. The number of methoxy groups -OCH3 is 3. The van der Waals surface area contributed by atoms with Gasteiger partial charge in [-0.15, -0.1) is 0 Å². The van der Waals surface area contributed by atoms with Crippen LogP contribution >= 0.6 is 0 Å². The summed E-state index contributed by atoms with van der Waals surface area (Å²) < 4.78 is 43.5. The summed E-state index contributed by atoms with van der Waals surface area (Å²) in [6, 6.07) is 8.04. The molecule has 0 bridgehead atoms. The minimum Gasteiger partial charge on any atom is -0.493 e. The third-order valence-corrected chi connectivity index (χ3v) is 6.36. The third-order valence-electron chi connectivity index (χ3n) is 4.84. The zero-order valence-corrected chi connectivity index (χ0v) is 18.3. The van der Waals surface area contributed by atoms with Crippen molar-refractivity contribution >= 4 is 15.9 Å². The van der Waals surface area contributed by atoms with Gasteiger partial charge < -0.3 is 19.5 Å². The van der Waals surface area contributed by atoms with Crippen LogP contribution in [0.1, 0.15) is 34.3 Å². The molecule has 0 aliphatic heterocycles. The molecule has 0 radical (unpaired) electrons. The van der Waals surface area contributed by atoms with Crippen molar-refractivity contribution < 1.29 is 27.4 Å². The van der Waals surface area contributed by atoms with E-state index in [4.69, 9.17) is 14.2 Å². The number of nitrogens with one attached hydrogen (secondary N) is 2. The molecule has 1 amide bonds. The normalized spacial score (nSPS) is 13.6. The summed E-state index contributed by atoms with van der Waals surface area (Å²) in [5.41, 5.74) is 1.73. The Morgan fingerprint density at radius 3 is 2.20 bits per heavy atom. The van der Waals surface area contributed by atoms with Gasteiger partial charge in [0, 0.05) is 18.2 Å². The lowest BCUT2D eigenvalue weighted by Gasteiger charge is -2.15. The van der Waals surface area contributed by atoms with Gasteiger partial charge >= 0.3 is 0 Å². The van der Waals surface area contributed by atoms with Gasteiger partial charge in [0.05, 0.1) is 26.2 Å². The molecule has 1 saturated carbocycles. The molecular weight excluding hydrogens is 408 g/mol. The number of amides is 1. The average Bonchev–Trinajstić information content (AvgIpc) is 3.54. The fraction of sp³-hybridized carbons (Fsp3) is 0.381. The molecule has 0 saturated heterocycles. The second kappa shape index (κ2) is 8.93. The van der Waals surface area contributed by atoms with Crippen LogP contribution in [0.2, 0.25) is 0 Å². The summed E-state index contributed by atoms with van der Waals surface area (Å²) in [5.74, 6) is 1.06. The van der Waals surface area contributed by atoms with Gasteiger partial charge in [0.15, 0.2) is 11.5 Å². The van der Waals surface area contributed by atoms with Crippen LogP contribution in [0.4, 0.5) is 0 Å². The predicted molar refractivity (Wildman–Crippen MR) is 112 cm³/mol. The Balaban J connectivity index is 1.79. The molecule has 2 aromatic rings. The summed E-state index contributed by atoms with van der Waals surface area (Å²) in [5, 5.41) is 2.82. The molecule has 2 aromatic carbocycles. The highest BCUT2D eigenvalue weighted by molar-refractivity contribution is 7.89. The zero-order valence-electron chi connectivity index (χ0n) is 17.4. The first-order chi connectivity index (χ1) is 14.3. The van der Waals surface area contributed by atoms with Crippen LogP contribution in [0.5, 0.6) is 17.2 Å². The number of ether oxygens (including phenoxy) is 3. The van der Waals surface area contributed by atoms with E-state index in [0.717, 1.165) is 18.4 Å².